The second kappa shape index (κ2) is 8.16. The van der Waals surface area contributed by atoms with Crippen LogP contribution in [0.2, 0.25) is 0 Å². The van der Waals surface area contributed by atoms with Crippen molar-refractivity contribution in [3.05, 3.63) is 55.5 Å². The zero-order valence-corrected chi connectivity index (χ0v) is 22.2. The maximum atomic E-state index is 11.2. The van der Waals surface area contributed by atoms with Crippen molar-refractivity contribution in [1.82, 2.24) is 0 Å². The third kappa shape index (κ3) is 4.32. The molecule has 0 amide bonds. The molecule has 2 aromatic rings. The third-order valence-electron chi connectivity index (χ3n) is 6.60. The summed E-state index contributed by atoms with van der Waals surface area (Å²) in [7, 11) is 0. The second-order valence-corrected chi connectivity index (χ2v) is 12.6. The summed E-state index contributed by atoms with van der Waals surface area (Å²) in [6.07, 6.45) is 5.16. The lowest BCUT2D eigenvalue weighted by Gasteiger charge is -2.41. The number of rotatable bonds is 2. The Kier molecular flexibility index (Phi) is 6.44. The fraction of sp³-hybridized carbons (Fsp3) is 0.538. The van der Waals surface area contributed by atoms with Crippen molar-refractivity contribution in [2.45, 2.75) is 89.9 Å². The summed E-state index contributed by atoms with van der Waals surface area (Å²) in [6.45, 7) is 13.2. The highest BCUT2D eigenvalue weighted by Crippen LogP contribution is 2.54. The molecule has 1 fully saturated rings. The van der Waals surface area contributed by atoms with Gasteiger partial charge in [-0.05, 0) is 78.8 Å². The monoisotopic (exact) mass is 536 g/mol. The molecule has 2 aromatic carbocycles. The Bertz CT molecular complexity index is 871. The van der Waals surface area contributed by atoms with Crippen LogP contribution in [0.1, 0.15) is 95.9 Å². The summed E-state index contributed by atoms with van der Waals surface area (Å²) in [5, 5.41) is 22.4. The summed E-state index contributed by atoms with van der Waals surface area (Å²) in [5.74, 6) is 0.586. The van der Waals surface area contributed by atoms with E-state index in [1.54, 1.807) is 0 Å². The van der Waals surface area contributed by atoms with E-state index in [1.165, 1.54) is 17.5 Å². The fourth-order valence-corrected chi connectivity index (χ4v) is 5.55. The summed E-state index contributed by atoms with van der Waals surface area (Å²) < 4.78 is 1.45. The van der Waals surface area contributed by atoms with Crippen LogP contribution in [0.25, 0.3) is 0 Å². The molecule has 0 spiro atoms. The van der Waals surface area contributed by atoms with Gasteiger partial charge in [0.05, 0.1) is 8.95 Å². The van der Waals surface area contributed by atoms with E-state index in [0.717, 1.165) is 45.8 Å². The van der Waals surface area contributed by atoms with Gasteiger partial charge in [-0.25, -0.2) is 0 Å². The van der Waals surface area contributed by atoms with E-state index < -0.39 is 5.41 Å². The van der Waals surface area contributed by atoms with Gasteiger partial charge in [0.1, 0.15) is 11.5 Å². The zero-order chi connectivity index (χ0) is 22.5. The molecule has 0 radical (unpaired) electrons. The molecule has 2 nitrogen and oxygen atoms in total. The molecule has 0 heterocycles. The van der Waals surface area contributed by atoms with E-state index in [1.807, 2.05) is 12.1 Å². The Labute approximate surface area is 198 Å². The number of halogens is 2. The average Bonchev–Trinajstić information content (AvgIpc) is 2.64. The first kappa shape index (κ1) is 23.7. The van der Waals surface area contributed by atoms with Crippen LogP contribution in [0.5, 0.6) is 11.5 Å². The van der Waals surface area contributed by atoms with Crippen LogP contribution in [-0.4, -0.2) is 10.2 Å². The molecular formula is C26H34Br2O2. The molecule has 3 rings (SSSR count). The minimum Gasteiger partial charge on any atom is -0.506 e. The normalized spacial score (nSPS) is 17.2. The minimum atomic E-state index is -0.417. The van der Waals surface area contributed by atoms with Crippen molar-refractivity contribution in [3.8, 4) is 11.5 Å². The lowest BCUT2D eigenvalue weighted by Crippen LogP contribution is -2.32. The first-order valence-electron chi connectivity index (χ1n) is 10.8. The molecule has 1 saturated carbocycles. The Morgan fingerprint density at radius 1 is 0.667 bits per heavy atom. The largest absolute Gasteiger partial charge is 0.506 e. The molecule has 0 bridgehead atoms. The topological polar surface area (TPSA) is 40.5 Å². The van der Waals surface area contributed by atoms with Gasteiger partial charge >= 0.3 is 0 Å². The van der Waals surface area contributed by atoms with Crippen molar-refractivity contribution < 1.29 is 10.2 Å². The third-order valence-corrected chi connectivity index (χ3v) is 7.81. The average molecular weight is 538 g/mol. The molecule has 1 aliphatic rings. The van der Waals surface area contributed by atoms with Gasteiger partial charge in [0.2, 0.25) is 0 Å². The Morgan fingerprint density at radius 2 is 1.03 bits per heavy atom. The van der Waals surface area contributed by atoms with Crippen LogP contribution in [0.3, 0.4) is 0 Å². The minimum absolute atomic E-state index is 0.0449. The van der Waals surface area contributed by atoms with Crippen LogP contribution < -0.4 is 0 Å². The van der Waals surface area contributed by atoms with Gasteiger partial charge in [0.25, 0.3) is 0 Å². The molecule has 4 heteroatoms. The van der Waals surface area contributed by atoms with E-state index in [9.17, 15) is 10.2 Å². The Morgan fingerprint density at radius 3 is 1.37 bits per heavy atom. The predicted octanol–water partition coefficient (Wildman–Crippen LogP) is 8.47. The van der Waals surface area contributed by atoms with Crippen LogP contribution in [-0.2, 0) is 16.2 Å². The number of phenols is 2. The molecule has 30 heavy (non-hydrogen) atoms. The maximum Gasteiger partial charge on any atom is 0.133 e. The molecule has 1 aliphatic carbocycles. The van der Waals surface area contributed by atoms with Crippen molar-refractivity contribution >= 4 is 31.9 Å². The molecule has 0 aromatic heterocycles. The van der Waals surface area contributed by atoms with Gasteiger partial charge in [-0.2, -0.15) is 0 Å². The van der Waals surface area contributed by atoms with Crippen LogP contribution in [0.4, 0.5) is 0 Å². The number of hydrogen-bond acceptors (Lipinski definition) is 2. The SMILES string of the molecule is CC(C)(C)c1cc(Br)c(O)c(C2(c3cc(C(C)(C)C)cc(Br)c3O)CCCCC2)c1. The first-order chi connectivity index (χ1) is 13.8. The van der Waals surface area contributed by atoms with Gasteiger partial charge in [-0.3, -0.25) is 0 Å². The first-order valence-corrected chi connectivity index (χ1v) is 12.4. The Balaban J connectivity index is 2.37. The quantitative estimate of drug-likeness (QED) is 0.403. The van der Waals surface area contributed by atoms with Gasteiger partial charge in [-0.1, -0.05) is 72.9 Å². The molecule has 164 valence electrons. The van der Waals surface area contributed by atoms with Gasteiger partial charge in [-0.15, -0.1) is 0 Å². The van der Waals surface area contributed by atoms with Crippen molar-refractivity contribution in [2.75, 3.05) is 0 Å². The van der Waals surface area contributed by atoms with Crippen molar-refractivity contribution in [3.63, 3.8) is 0 Å². The number of hydrogen-bond donors (Lipinski definition) is 2. The summed E-state index contributed by atoms with van der Waals surface area (Å²) in [5.41, 5.74) is 3.70. The summed E-state index contributed by atoms with van der Waals surface area (Å²) in [6, 6.07) is 8.39. The van der Waals surface area contributed by atoms with Gasteiger partial charge < -0.3 is 10.2 Å². The summed E-state index contributed by atoms with van der Waals surface area (Å²) >= 11 is 7.22. The highest BCUT2D eigenvalue weighted by molar-refractivity contribution is 9.10. The zero-order valence-electron chi connectivity index (χ0n) is 19.0. The van der Waals surface area contributed by atoms with E-state index in [0.29, 0.717) is 11.5 Å². The van der Waals surface area contributed by atoms with Gasteiger partial charge in [0, 0.05) is 16.5 Å². The molecule has 0 unspecified atom stereocenters. The highest BCUT2D eigenvalue weighted by atomic mass is 79.9. The molecule has 0 aliphatic heterocycles. The lowest BCUT2D eigenvalue weighted by molar-refractivity contribution is 0.319. The maximum absolute atomic E-state index is 11.2. The van der Waals surface area contributed by atoms with Crippen LogP contribution >= 0.6 is 31.9 Å². The van der Waals surface area contributed by atoms with E-state index >= 15 is 0 Å². The van der Waals surface area contributed by atoms with E-state index in [4.69, 9.17) is 0 Å². The molecule has 0 atom stereocenters. The van der Waals surface area contributed by atoms with E-state index in [-0.39, 0.29) is 10.8 Å². The van der Waals surface area contributed by atoms with Crippen molar-refractivity contribution in [1.29, 1.82) is 0 Å². The van der Waals surface area contributed by atoms with Crippen LogP contribution in [0, 0.1) is 0 Å². The highest BCUT2D eigenvalue weighted by Gasteiger charge is 2.42. The Hall–Kier alpha value is -1.00. The second-order valence-electron chi connectivity index (χ2n) is 10.9. The summed E-state index contributed by atoms with van der Waals surface area (Å²) in [4.78, 5) is 0. The van der Waals surface area contributed by atoms with E-state index in [2.05, 4.69) is 85.5 Å². The smallest absolute Gasteiger partial charge is 0.133 e. The van der Waals surface area contributed by atoms with Gasteiger partial charge in [0.15, 0.2) is 0 Å². The molecule has 0 saturated heterocycles. The molecule has 2 N–H and O–H groups in total. The number of aromatic hydroxyl groups is 2. The fourth-order valence-electron chi connectivity index (χ4n) is 4.63. The standard InChI is InChI=1S/C26H34Br2O2/c1-24(2,3)16-12-18(22(29)20(27)14-16)26(10-8-7-9-11-26)19-13-17(25(4,5)6)15-21(28)23(19)30/h12-15,29-30H,7-11H2,1-6H3. The number of phenolic OH excluding ortho intramolecular Hbond substituents is 2. The number of benzene rings is 2. The van der Waals surface area contributed by atoms with Crippen LogP contribution in [0.15, 0.2) is 33.2 Å². The lowest BCUT2D eigenvalue weighted by atomic mass is 9.63. The predicted molar refractivity (Wildman–Crippen MR) is 133 cm³/mol. The van der Waals surface area contributed by atoms with Crippen molar-refractivity contribution in [2.24, 2.45) is 0 Å². The molecular weight excluding hydrogens is 504 g/mol.